The highest BCUT2D eigenvalue weighted by atomic mass is 31.2. The van der Waals surface area contributed by atoms with Gasteiger partial charge in [0, 0.05) is 0 Å². The van der Waals surface area contributed by atoms with Gasteiger partial charge in [0.25, 0.3) is 0 Å². The van der Waals surface area contributed by atoms with Gasteiger partial charge in [-0.1, -0.05) is 57.4 Å². The summed E-state index contributed by atoms with van der Waals surface area (Å²) in [4.78, 5) is 30.5. The molecule has 7 nitrogen and oxygen atoms in total. The molecule has 3 unspecified atom stereocenters. The first-order valence-electron chi connectivity index (χ1n) is 8.96. The van der Waals surface area contributed by atoms with E-state index in [2.05, 4.69) is 6.92 Å². The van der Waals surface area contributed by atoms with Crippen LogP contribution in [0.15, 0.2) is 24.3 Å². The largest absolute Gasteiger partial charge is 0.480 e. The molecule has 1 rings (SSSR count). The lowest BCUT2D eigenvalue weighted by molar-refractivity contribution is -0.138. The molecular formula is C18H30NO6P. The van der Waals surface area contributed by atoms with E-state index < -0.39 is 25.5 Å². The SMILES string of the molecule is CCCCC(CCC)OC(c1cccc(CC(N)C(=O)O)c1)P(=O)(O)O. The van der Waals surface area contributed by atoms with Crippen molar-refractivity contribution in [1.82, 2.24) is 0 Å². The number of hydrogen-bond donors (Lipinski definition) is 4. The van der Waals surface area contributed by atoms with E-state index in [4.69, 9.17) is 15.6 Å². The van der Waals surface area contributed by atoms with Crippen LogP contribution in [0.2, 0.25) is 0 Å². The first kappa shape index (κ1) is 22.8. The van der Waals surface area contributed by atoms with Gasteiger partial charge in [-0.2, -0.15) is 0 Å². The van der Waals surface area contributed by atoms with Crippen LogP contribution in [0, 0.1) is 0 Å². The summed E-state index contributed by atoms with van der Waals surface area (Å²) < 4.78 is 17.9. The van der Waals surface area contributed by atoms with Crippen LogP contribution >= 0.6 is 7.60 Å². The zero-order valence-electron chi connectivity index (χ0n) is 15.4. The number of hydrogen-bond acceptors (Lipinski definition) is 4. The zero-order valence-corrected chi connectivity index (χ0v) is 16.3. The van der Waals surface area contributed by atoms with Crippen LogP contribution in [0.1, 0.15) is 62.9 Å². The molecule has 8 heteroatoms. The second kappa shape index (κ2) is 10.8. The molecule has 3 atom stereocenters. The van der Waals surface area contributed by atoms with Crippen molar-refractivity contribution in [2.45, 2.75) is 70.4 Å². The zero-order chi connectivity index (χ0) is 19.7. The third kappa shape index (κ3) is 7.56. The predicted octanol–water partition coefficient (Wildman–Crippen LogP) is 3.19. The number of unbranched alkanes of at least 4 members (excludes halogenated alkanes) is 1. The van der Waals surface area contributed by atoms with Crippen molar-refractivity contribution in [3.8, 4) is 0 Å². The fourth-order valence-corrected chi connectivity index (χ4v) is 3.66. The fourth-order valence-electron chi connectivity index (χ4n) is 2.78. The highest BCUT2D eigenvalue weighted by molar-refractivity contribution is 7.52. The number of carboxylic acid groups (broad SMARTS) is 1. The summed E-state index contributed by atoms with van der Waals surface area (Å²) in [6.07, 6.45) is 4.06. The van der Waals surface area contributed by atoms with E-state index in [0.29, 0.717) is 11.1 Å². The lowest BCUT2D eigenvalue weighted by atomic mass is 10.0. The van der Waals surface area contributed by atoms with E-state index in [1.165, 1.54) is 0 Å². The summed E-state index contributed by atoms with van der Waals surface area (Å²) in [5.74, 6) is -2.49. The van der Waals surface area contributed by atoms with Gasteiger partial charge in [-0.25, -0.2) is 0 Å². The van der Waals surface area contributed by atoms with Gasteiger partial charge >= 0.3 is 13.6 Å². The van der Waals surface area contributed by atoms with Crippen LogP contribution in [-0.4, -0.2) is 33.0 Å². The maximum Gasteiger partial charge on any atom is 0.358 e. The minimum atomic E-state index is -4.55. The van der Waals surface area contributed by atoms with E-state index in [9.17, 15) is 19.1 Å². The standard InChI is InChI=1S/C18H30NO6P/c1-3-5-10-15(7-4-2)25-18(26(22,23)24)14-9-6-8-13(11-14)12-16(19)17(20)21/h6,8-9,11,15-16,18H,3-5,7,10,12,19H2,1-2H3,(H,20,21)(H2,22,23,24). The second-order valence-electron chi connectivity index (χ2n) is 6.52. The fraction of sp³-hybridized carbons (Fsp3) is 0.611. The predicted molar refractivity (Wildman–Crippen MR) is 99.8 cm³/mol. The normalized spacial score (nSPS) is 15.4. The summed E-state index contributed by atoms with van der Waals surface area (Å²) in [5.41, 5.74) is 6.49. The molecule has 0 aliphatic carbocycles. The van der Waals surface area contributed by atoms with E-state index in [1.807, 2.05) is 6.92 Å². The molecule has 0 bridgehead atoms. The smallest absolute Gasteiger partial charge is 0.358 e. The highest BCUT2D eigenvalue weighted by Crippen LogP contribution is 2.53. The molecule has 0 aliphatic rings. The maximum atomic E-state index is 12.0. The summed E-state index contributed by atoms with van der Waals surface area (Å²) >= 11 is 0. The van der Waals surface area contributed by atoms with E-state index in [0.717, 1.165) is 32.1 Å². The van der Waals surface area contributed by atoms with Gasteiger partial charge in [0.1, 0.15) is 6.04 Å². The van der Waals surface area contributed by atoms with Crippen LogP contribution in [0.4, 0.5) is 0 Å². The third-order valence-electron chi connectivity index (χ3n) is 4.13. The molecule has 148 valence electrons. The Labute approximate surface area is 154 Å². The van der Waals surface area contributed by atoms with Gasteiger partial charge < -0.3 is 25.4 Å². The average molecular weight is 387 g/mol. The van der Waals surface area contributed by atoms with Crippen LogP contribution in [0.25, 0.3) is 0 Å². The molecule has 5 N–H and O–H groups in total. The van der Waals surface area contributed by atoms with Crippen molar-refractivity contribution < 1.29 is 29.0 Å². The van der Waals surface area contributed by atoms with Gasteiger partial charge in [0.2, 0.25) is 0 Å². The van der Waals surface area contributed by atoms with Crippen molar-refractivity contribution in [2.24, 2.45) is 5.73 Å². The Hall–Kier alpha value is -1.24. The number of nitrogens with two attached hydrogens (primary N) is 1. The number of carboxylic acids is 1. The van der Waals surface area contributed by atoms with E-state index in [-0.39, 0.29) is 12.5 Å². The number of carbonyl (C=O) groups is 1. The number of aliphatic carboxylic acids is 1. The molecule has 0 fully saturated rings. The van der Waals surface area contributed by atoms with Crippen LogP contribution in [-0.2, 0) is 20.5 Å². The number of benzene rings is 1. The summed E-state index contributed by atoms with van der Waals surface area (Å²) in [6.45, 7) is 4.06. The lowest BCUT2D eigenvalue weighted by Crippen LogP contribution is -2.32. The molecule has 0 aromatic heterocycles. The summed E-state index contributed by atoms with van der Waals surface area (Å²) in [7, 11) is -4.55. The van der Waals surface area contributed by atoms with Crippen molar-refractivity contribution in [3.05, 3.63) is 35.4 Å². The van der Waals surface area contributed by atoms with Crippen molar-refractivity contribution in [3.63, 3.8) is 0 Å². The Morgan fingerprint density at radius 2 is 1.92 bits per heavy atom. The number of ether oxygens (including phenoxy) is 1. The van der Waals surface area contributed by atoms with Crippen LogP contribution in [0.5, 0.6) is 0 Å². The monoisotopic (exact) mass is 387 g/mol. The van der Waals surface area contributed by atoms with Gasteiger partial charge in [0.05, 0.1) is 6.10 Å². The van der Waals surface area contributed by atoms with Gasteiger partial charge in [-0.15, -0.1) is 0 Å². The molecule has 26 heavy (non-hydrogen) atoms. The first-order chi connectivity index (χ1) is 12.2. The Morgan fingerprint density at radius 3 is 2.46 bits per heavy atom. The lowest BCUT2D eigenvalue weighted by Gasteiger charge is -2.26. The maximum absolute atomic E-state index is 12.0. The molecule has 0 saturated carbocycles. The molecule has 0 spiro atoms. The molecule has 0 amide bonds. The molecule has 0 aliphatic heterocycles. The molecule has 0 radical (unpaired) electrons. The Kier molecular flexibility index (Phi) is 9.47. The summed E-state index contributed by atoms with van der Waals surface area (Å²) in [6, 6.07) is 5.39. The average Bonchev–Trinajstić information content (AvgIpc) is 2.56. The van der Waals surface area contributed by atoms with Crippen LogP contribution < -0.4 is 5.73 Å². The minimum Gasteiger partial charge on any atom is -0.480 e. The van der Waals surface area contributed by atoms with E-state index >= 15 is 0 Å². The first-order valence-corrected chi connectivity index (χ1v) is 10.6. The Balaban J connectivity index is 3.05. The quantitative estimate of drug-likeness (QED) is 0.405. The minimum absolute atomic E-state index is 0.0747. The molecular weight excluding hydrogens is 357 g/mol. The third-order valence-corrected chi connectivity index (χ3v) is 5.16. The van der Waals surface area contributed by atoms with Gasteiger partial charge in [0.15, 0.2) is 5.85 Å². The Bertz CT molecular complexity index is 617. The van der Waals surface area contributed by atoms with Crippen molar-refractivity contribution in [1.29, 1.82) is 0 Å². The molecule has 1 aromatic carbocycles. The van der Waals surface area contributed by atoms with Crippen molar-refractivity contribution >= 4 is 13.6 Å². The molecule has 1 aromatic rings. The van der Waals surface area contributed by atoms with Gasteiger partial charge in [-0.05, 0) is 30.4 Å². The van der Waals surface area contributed by atoms with Crippen molar-refractivity contribution in [2.75, 3.05) is 0 Å². The number of rotatable bonds is 12. The van der Waals surface area contributed by atoms with Crippen LogP contribution in [0.3, 0.4) is 0 Å². The van der Waals surface area contributed by atoms with Gasteiger partial charge in [-0.3, -0.25) is 9.36 Å². The molecule has 0 saturated heterocycles. The second-order valence-corrected chi connectivity index (χ2v) is 8.17. The summed E-state index contributed by atoms with van der Waals surface area (Å²) in [5, 5.41) is 8.94. The molecule has 0 heterocycles. The Morgan fingerprint density at radius 1 is 1.23 bits per heavy atom. The van der Waals surface area contributed by atoms with E-state index in [1.54, 1.807) is 24.3 Å². The highest BCUT2D eigenvalue weighted by Gasteiger charge is 2.34. The topological polar surface area (TPSA) is 130 Å².